The summed E-state index contributed by atoms with van der Waals surface area (Å²) in [7, 11) is 0. The zero-order valence-corrected chi connectivity index (χ0v) is 41.2. The Bertz CT molecular complexity index is 1270. The minimum Gasteiger partial charge on any atom is -0.493 e. The highest BCUT2D eigenvalue weighted by Gasteiger charge is 2.12. The summed E-state index contributed by atoms with van der Waals surface area (Å²) < 4.78 is 24.2. The molecule has 0 spiro atoms. The summed E-state index contributed by atoms with van der Waals surface area (Å²) in [6.45, 7) is 17.5. The molecule has 0 saturated carbocycles. The van der Waals surface area contributed by atoms with Crippen LogP contribution in [0.1, 0.15) is 219 Å². The Morgan fingerprint density at radius 3 is 1.39 bits per heavy atom. The van der Waals surface area contributed by atoms with Crippen LogP contribution in [0.25, 0.3) is 0 Å². The number of esters is 1. The Kier molecular flexibility index (Phi) is 41.3. The van der Waals surface area contributed by atoms with Gasteiger partial charge in [0.2, 0.25) is 0 Å². The van der Waals surface area contributed by atoms with E-state index >= 15 is 0 Å². The van der Waals surface area contributed by atoms with Crippen LogP contribution >= 0.6 is 0 Å². The molecule has 0 saturated heterocycles. The first kappa shape index (κ1) is 57.2. The molecule has 0 amide bonds. The number of nitrogens with zero attached hydrogens (tertiary/aromatic N) is 1. The van der Waals surface area contributed by atoms with Gasteiger partial charge in [-0.15, -0.1) is 0 Å². The van der Waals surface area contributed by atoms with Gasteiger partial charge in [0, 0.05) is 31.7 Å². The number of rotatable bonds is 45. The minimum absolute atomic E-state index is 0.0437. The van der Waals surface area contributed by atoms with E-state index in [0.717, 1.165) is 127 Å². The molecular weight excluding hydrogens is 767 g/mol. The van der Waals surface area contributed by atoms with Gasteiger partial charge in [0.1, 0.15) is 11.5 Å². The van der Waals surface area contributed by atoms with Crippen molar-refractivity contribution >= 4 is 5.97 Å². The van der Waals surface area contributed by atoms with E-state index in [1.54, 1.807) is 0 Å². The molecule has 0 aliphatic heterocycles. The second kappa shape index (κ2) is 44.8. The van der Waals surface area contributed by atoms with E-state index in [1.807, 2.05) is 0 Å². The van der Waals surface area contributed by atoms with Crippen molar-refractivity contribution in [3.8, 4) is 11.5 Å². The Balaban J connectivity index is 2.18. The summed E-state index contributed by atoms with van der Waals surface area (Å²) in [6, 6.07) is 4.41. The van der Waals surface area contributed by atoms with E-state index in [-0.39, 0.29) is 5.97 Å². The zero-order chi connectivity index (χ0) is 44.8. The van der Waals surface area contributed by atoms with Crippen molar-refractivity contribution in [3.63, 3.8) is 0 Å². The number of carbonyl (C=O) groups excluding carboxylic acids is 1. The van der Waals surface area contributed by atoms with Gasteiger partial charge in [-0.1, -0.05) is 134 Å². The molecule has 0 unspecified atom stereocenters. The van der Waals surface area contributed by atoms with E-state index in [0.29, 0.717) is 26.2 Å². The van der Waals surface area contributed by atoms with E-state index in [4.69, 9.17) is 18.9 Å². The molecule has 1 aromatic carbocycles. The maximum atomic E-state index is 12.2. The largest absolute Gasteiger partial charge is 0.493 e. The van der Waals surface area contributed by atoms with Crippen molar-refractivity contribution in [1.29, 1.82) is 0 Å². The van der Waals surface area contributed by atoms with E-state index in [2.05, 4.69) is 100 Å². The number of carbonyl (C=O) groups is 1. The highest BCUT2D eigenvalue weighted by atomic mass is 16.5. The van der Waals surface area contributed by atoms with Crippen LogP contribution in [0.3, 0.4) is 0 Å². The van der Waals surface area contributed by atoms with Gasteiger partial charge in [0.05, 0.1) is 19.8 Å². The molecule has 6 heteroatoms. The summed E-state index contributed by atoms with van der Waals surface area (Å²) in [4.78, 5) is 14.6. The van der Waals surface area contributed by atoms with Gasteiger partial charge in [-0.2, -0.15) is 0 Å². The van der Waals surface area contributed by atoms with E-state index in [9.17, 15) is 4.79 Å². The summed E-state index contributed by atoms with van der Waals surface area (Å²) >= 11 is 0. The number of hydrogen-bond acceptors (Lipinski definition) is 6. The lowest BCUT2D eigenvalue weighted by Gasteiger charge is -2.21. The lowest BCUT2D eigenvalue weighted by Crippen LogP contribution is -2.22. The lowest BCUT2D eigenvalue weighted by atomic mass is 10.1. The molecule has 356 valence electrons. The van der Waals surface area contributed by atoms with Crippen LogP contribution in [0.15, 0.2) is 60.7 Å². The van der Waals surface area contributed by atoms with Crippen molar-refractivity contribution in [2.75, 3.05) is 46.1 Å². The molecule has 0 aromatic heterocycles. The number of allylic oxidation sites excluding steroid dienone is 8. The molecule has 0 aliphatic carbocycles. The van der Waals surface area contributed by atoms with Gasteiger partial charge in [0.15, 0.2) is 0 Å². The third kappa shape index (κ3) is 35.6. The lowest BCUT2D eigenvalue weighted by molar-refractivity contribution is -0.143. The van der Waals surface area contributed by atoms with Crippen LogP contribution in [0.2, 0.25) is 0 Å². The predicted molar refractivity (Wildman–Crippen MR) is 268 cm³/mol. The SMILES string of the molecule is CCCCC/C=C\C/C=C\CCCCCCCC(=O)OCCCCCCOc1cc(CN(CC)CC)cc(OCCCCOCCCCCC/C=C\C/C=C\CCCCC)c1C. The van der Waals surface area contributed by atoms with Gasteiger partial charge in [0.25, 0.3) is 0 Å². The van der Waals surface area contributed by atoms with Crippen molar-refractivity contribution in [2.45, 2.75) is 221 Å². The third-order valence-corrected chi connectivity index (χ3v) is 11.5. The summed E-state index contributed by atoms with van der Waals surface area (Å²) in [5.74, 6) is 1.82. The minimum atomic E-state index is -0.0437. The van der Waals surface area contributed by atoms with Crippen LogP contribution in [0.5, 0.6) is 11.5 Å². The predicted octanol–water partition coefficient (Wildman–Crippen LogP) is 16.3. The molecule has 1 aromatic rings. The van der Waals surface area contributed by atoms with E-state index in [1.165, 1.54) is 102 Å². The fourth-order valence-corrected chi connectivity index (χ4v) is 7.32. The first-order valence-corrected chi connectivity index (χ1v) is 26.0. The molecule has 0 bridgehead atoms. The van der Waals surface area contributed by atoms with Gasteiger partial charge in [-0.25, -0.2) is 0 Å². The molecule has 6 nitrogen and oxygen atoms in total. The molecule has 0 fully saturated rings. The topological polar surface area (TPSA) is 57.2 Å². The monoisotopic (exact) mass is 864 g/mol. The Labute approximate surface area is 383 Å². The average molecular weight is 864 g/mol. The highest BCUT2D eigenvalue weighted by Crippen LogP contribution is 2.31. The normalized spacial score (nSPS) is 12.0. The van der Waals surface area contributed by atoms with Crippen molar-refractivity contribution in [1.82, 2.24) is 4.90 Å². The van der Waals surface area contributed by atoms with Crippen LogP contribution in [-0.2, 0) is 20.8 Å². The average Bonchev–Trinajstić information content (AvgIpc) is 3.28. The van der Waals surface area contributed by atoms with Gasteiger partial charge in [-0.05, 0) is 153 Å². The Hall–Kier alpha value is -2.83. The molecule has 0 N–H and O–H groups in total. The first-order valence-electron chi connectivity index (χ1n) is 26.0. The molecule has 0 radical (unpaired) electrons. The summed E-state index contributed by atoms with van der Waals surface area (Å²) in [5, 5.41) is 0. The van der Waals surface area contributed by atoms with Crippen molar-refractivity contribution in [3.05, 3.63) is 71.9 Å². The Morgan fingerprint density at radius 2 is 0.887 bits per heavy atom. The molecular formula is C56H97NO5. The second-order valence-electron chi connectivity index (χ2n) is 17.2. The summed E-state index contributed by atoms with van der Waals surface area (Å²) in [6.07, 6.45) is 50.5. The second-order valence-corrected chi connectivity index (χ2v) is 17.2. The fourth-order valence-electron chi connectivity index (χ4n) is 7.32. The van der Waals surface area contributed by atoms with Crippen LogP contribution < -0.4 is 9.47 Å². The number of ether oxygens (including phenoxy) is 4. The molecule has 1 rings (SSSR count). The zero-order valence-electron chi connectivity index (χ0n) is 41.2. The van der Waals surface area contributed by atoms with Crippen molar-refractivity contribution < 1.29 is 23.7 Å². The van der Waals surface area contributed by atoms with Crippen molar-refractivity contribution in [2.24, 2.45) is 0 Å². The van der Waals surface area contributed by atoms with E-state index < -0.39 is 0 Å². The fraction of sp³-hybridized carbons (Fsp3) is 0.732. The number of benzene rings is 1. The van der Waals surface area contributed by atoms with Gasteiger partial charge >= 0.3 is 5.97 Å². The highest BCUT2D eigenvalue weighted by molar-refractivity contribution is 5.69. The molecule has 0 atom stereocenters. The Morgan fingerprint density at radius 1 is 0.484 bits per heavy atom. The third-order valence-electron chi connectivity index (χ3n) is 11.5. The van der Waals surface area contributed by atoms with Crippen LogP contribution in [0, 0.1) is 6.92 Å². The number of hydrogen-bond donors (Lipinski definition) is 0. The standard InChI is InChI=1S/C56H97NO5/c1-6-10-12-14-16-18-20-22-24-25-27-29-31-33-37-43-56(58)62-48-40-36-35-39-46-60-54-49-53(51-57(8-3)9-4)50-55(52(54)5)61-47-42-41-45-59-44-38-34-32-30-28-26-23-21-19-17-15-13-11-7-2/h16-19,22-24,26,49-50H,6-15,20-21,25,27-48,51H2,1-5H3/b18-16-,19-17-,24-22-,26-23-. The van der Waals surface area contributed by atoms with Crippen LogP contribution in [0.4, 0.5) is 0 Å². The van der Waals surface area contributed by atoms with Gasteiger partial charge in [-0.3, -0.25) is 9.69 Å². The smallest absolute Gasteiger partial charge is 0.305 e. The van der Waals surface area contributed by atoms with Crippen LogP contribution in [-0.4, -0.2) is 57.0 Å². The molecule has 0 heterocycles. The first-order chi connectivity index (χ1) is 30.5. The maximum Gasteiger partial charge on any atom is 0.305 e. The molecule has 62 heavy (non-hydrogen) atoms. The molecule has 0 aliphatic rings. The summed E-state index contributed by atoms with van der Waals surface area (Å²) in [5.41, 5.74) is 2.31. The maximum absolute atomic E-state index is 12.2. The number of unbranched alkanes of at least 4 members (excludes halogenated alkanes) is 19. The van der Waals surface area contributed by atoms with Gasteiger partial charge < -0.3 is 18.9 Å². The quantitative estimate of drug-likeness (QED) is 0.0370.